The Bertz CT molecular complexity index is 614. The summed E-state index contributed by atoms with van der Waals surface area (Å²) in [5.74, 6) is 0.116. The van der Waals surface area contributed by atoms with E-state index in [1.54, 1.807) is 0 Å². The van der Waals surface area contributed by atoms with Crippen LogP contribution in [0, 0.1) is 5.82 Å². The highest BCUT2D eigenvalue weighted by atomic mass is 19.1. The number of halogens is 1. The molecule has 0 atom stereocenters. The average Bonchev–Trinajstić information content (AvgIpc) is 2.46. The predicted molar refractivity (Wildman–Crippen MR) is 72.0 cm³/mol. The van der Waals surface area contributed by atoms with Crippen LogP contribution in [-0.2, 0) is 6.42 Å². The number of nitrogens with zero attached hydrogens (tertiary/aromatic N) is 2. The zero-order valence-corrected chi connectivity index (χ0v) is 11.0. The number of ether oxygens (including phenoxy) is 1. The first-order valence-electron chi connectivity index (χ1n) is 6.04. The number of hydrogen-bond acceptors (Lipinski definition) is 5. The first kappa shape index (κ1) is 13.9. The largest absolute Gasteiger partial charge is 0.480 e. The summed E-state index contributed by atoms with van der Waals surface area (Å²) in [4.78, 5) is 20.0. The highest BCUT2D eigenvalue weighted by Crippen LogP contribution is 2.17. The lowest BCUT2D eigenvalue weighted by Crippen LogP contribution is -2.06. The topological polar surface area (TPSA) is 78.1 Å². The third-order valence-corrected chi connectivity index (χ3v) is 2.78. The maximum atomic E-state index is 12.8. The van der Waals surface area contributed by atoms with E-state index in [4.69, 9.17) is 10.5 Å². The van der Waals surface area contributed by atoms with Crippen LogP contribution in [0.3, 0.4) is 0 Å². The van der Waals surface area contributed by atoms with E-state index in [0.717, 1.165) is 0 Å². The fourth-order valence-electron chi connectivity index (χ4n) is 1.76. The van der Waals surface area contributed by atoms with Crippen LogP contribution in [0.5, 0.6) is 5.88 Å². The molecule has 0 aliphatic carbocycles. The van der Waals surface area contributed by atoms with Crippen LogP contribution in [0.1, 0.15) is 22.5 Å². The molecule has 5 nitrogen and oxygen atoms in total. The first-order chi connectivity index (χ1) is 9.60. The zero-order chi connectivity index (χ0) is 14.5. The Morgan fingerprint density at radius 3 is 2.70 bits per heavy atom. The molecular weight excluding hydrogens is 261 g/mol. The number of nitrogens with two attached hydrogens (primary N) is 1. The van der Waals surface area contributed by atoms with E-state index in [2.05, 4.69) is 9.97 Å². The van der Waals surface area contributed by atoms with Gasteiger partial charge < -0.3 is 10.5 Å². The van der Waals surface area contributed by atoms with Crippen molar-refractivity contribution in [3.8, 4) is 5.88 Å². The number of ketones is 1. The quantitative estimate of drug-likeness (QED) is 0.845. The number of aromatic nitrogens is 2. The molecule has 0 aliphatic heterocycles. The molecule has 6 heteroatoms. The van der Waals surface area contributed by atoms with Crippen LogP contribution >= 0.6 is 0 Å². The molecule has 2 rings (SSSR count). The number of carbonyl (C=O) groups is 1. The van der Waals surface area contributed by atoms with Gasteiger partial charge in [0.2, 0.25) is 5.88 Å². The van der Waals surface area contributed by atoms with Gasteiger partial charge in [0.1, 0.15) is 17.3 Å². The lowest BCUT2D eigenvalue weighted by Gasteiger charge is -2.06. The van der Waals surface area contributed by atoms with Gasteiger partial charge in [-0.3, -0.25) is 9.78 Å². The second-order valence-electron chi connectivity index (χ2n) is 4.18. The maximum absolute atomic E-state index is 12.8. The molecule has 1 heterocycles. The third-order valence-electron chi connectivity index (χ3n) is 2.78. The first-order valence-corrected chi connectivity index (χ1v) is 6.04. The van der Waals surface area contributed by atoms with Crippen molar-refractivity contribution in [3.63, 3.8) is 0 Å². The molecule has 1 aromatic heterocycles. The van der Waals surface area contributed by atoms with E-state index in [-0.39, 0.29) is 23.8 Å². The zero-order valence-electron chi connectivity index (χ0n) is 11.0. The summed E-state index contributed by atoms with van der Waals surface area (Å²) < 4.78 is 17.8. The molecule has 0 amide bonds. The minimum absolute atomic E-state index is 0.0920. The highest BCUT2D eigenvalue weighted by molar-refractivity contribution is 5.96. The summed E-state index contributed by atoms with van der Waals surface area (Å²) in [6, 6.07) is 5.45. The Balaban J connectivity index is 2.05. The maximum Gasteiger partial charge on any atom is 0.237 e. The summed E-state index contributed by atoms with van der Waals surface area (Å²) in [7, 11) is 1.47. The van der Waals surface area contributed by atoms with Crippen LogP contribution in [0.2, 0.25) is 0 Å². The van der Waals surface area contributed by atoms with Crippen molar-refractivity contribution in [1.82, 2.24) is 9.97 Å². The summed E-state index contributed by atoms with van der Waals surface area (Å²) in [5.41, 5.74) is 6.54. The average molecular weight is 275 g/mol. The van der Waals surface area contributed by atoms with Crippen molar-refractivity contribution in [2.75, 3.05) is 12.8 Å². The summed E-state index contributed by atoms with van der Waals surface area (Å²) >= 11 is 0. The number of methoxy groups -OCH3 is 1. The van der Waals surface area contributed by atoms with E-state index in [1.807, 2.05) is 0 Å². The molecule has 0 spiro atoms. The van der Waals surface area contributed by atoms with Crippen molar-refractivity contribution in [3.05, 3.63) is 47.5 Å². The van der Waals surface area contributed by atoms with Gasteiger partial charge in [-0.15, -0.1) is 0 Å². The van der Waals surface area contributed by atoms with Gasteiger partial charge in [-0.2, -0.15) is 4.98 Å². The minimum Gasteiger partial charge on any atom is -0.480 e. The lowest BCUT2D eigenvalue weighted by molar-refractivity contribution is 0.0982. The summed E-state index contributed by atoms with van der Waals surface area (Å²) in [5, 5.41) is 0. The molecule has 0 unspecified atom stereocenters. The van der Waals surface area contributed by atoms with Gasteiger partial charge in [-0.05, 0) is 24.3 Å². The number of Topliss-reactive ketones (excluding diaryl/α,β-unsaturated/α-hetero) is 1. The van der Waals surface area contributed by atoms with E-state index < -0.39 is 0 Å². The molecule has 104 valence electrons. The van der Waals surface area contributed by atoms with Crippen molar-refractivity contribution in [2.24, 2.45) is 0 Å². The number of carbonyl (C=O) groups excluding carboxylic acids is 1. The molecule has 2 N–H and O–H groups in total. The normalized spacial score (nSPS) is 10.3. The number of anilines is 1. The Morgan fingerprint density at radius 1 is 1.35 bits per heavy atom. The molecule has 1 aromatic carbocycles. The van der Waals surface area contributed by atoms with Crippen LogP contribution < -0.4 is 10.5 Å². The van der Waals surface area contributed by atoms with Gasteiger partial charge in [0.25, 0.3) is 0 Å². The highest BCUT2D eigenvalue weighted by Gasteiger charge is 2.11. The number of aryl methyl sites for hydroxylation is 1. The van der Waals surface area contributed by atoms with Gasteiger partial charge >= 0.3 is 0 Å². The Hall–Kier alpha value is -2.50. The van der Waals surface area contributed by atoms with Crippen molar-refractivity contribution < 1.29 is 13.9 Å². The van der Waals surface area contributed by atoms with E-state index >= 15 is 0 Å². The monoisotopic (exact) mass is 275 g/mol. The second-order valence-corrected chi connectivity index (χ2v) is 4.18. The molecule has 0 radical (unpaired) electrons. The summed E-state index contributed by atoms with van der Waals surface area (Å²) in [6.45, 7) is 0. The van der Waals surface area contributed by atoms with Gasteiger partial charge in [0.05, 0.1) is 13.3 Å². The number of rotatable bonds is 5. The number of nitrogen functional groups attached to an aromatic ring is 1. The smallest absolute Gasteiger partial charge is 0.237 e. The molecule has 2 aromatic rings. The molecule has 20 heavy (non-hydrogen) atoms. The SMILES string of the molecule is COc1nc(N)cnc1CCC(=O)c1ccc(F)cc1. The second kappa shape index (κ2) is 6.10. The van der Waals surface area contributed by atoms with Crippen LogP contribution in [0.15, 0.2) is 30.5 Å². The molecule has 0 saturated heterocycles. The Kier molecular flexibility index (Phi) is 4.24. The molecule has 0 fully saturated rings. The van der Waals surface area contributed by atoms with Gasteiger partial charge in [-0.25, -0.2) is 4.39 Å². The van der Waals surface area contributed by atoms with Crippen LogP contribution in [-0.4, -0.2) is 22.9 Å². The fourth-order valence-corrected chi connectivity index (χ4v) is 1.76. The molecule has 0 bridgehead atoms. The van der Waals surface area contributed by atoms with Crippen molar-refractivity contribution in [2.45, 2.75) is 12.8 Å². The number of hydrogen-bond donors (Lipinski definition) is 1. The van der Waals surface area contributed by atoms with Crippen LogP contribution in [0.4, 0.5) is 10.2 Å². The van der Waals surface area contributed by atoms with Crippen molar-refractivity contribution in [1.29, 1.82) is 0 Å². The standard InChI is InChI=1S/C14H14FN3O2/c1-20-14-11(17-8-13(16)18-14)6-7-12(19)9-2-4-10(15)5-3-9/h2-5,8H,6-7H2,1H3,(H2,16,18). The van der Waals surface area contributed by atoms with E-state index in [9.17, 15) is 9.18 Å². The Labute approximate surface area is 115 Å². The molecular formula is C14H14FN3O2. The summed E-state index contributed by atoms with van der Waals surface area (Å²) in [6.07, 6.45) is 2.04. The van der Waals surface area contributed by atoms with Gasteiger partial charge in [0.15, 0.2) is 5.78 Å². The minimum atomic E-state index is -0.368. The lowest BCUT2D eigenvalue weighted by atomic mass is 10.1. The predicted octanol–water partition coefficient (Wildman–Crippen LogP) is 2.02. The van der Waals surface area contributed by atoms with E-state index in [1.165, 1.54) is 37.6 Å². The van der Waals surface area contributed by atoms with Gasteiger partial charge in [-0.1, -0.05) is 0 Å². The van der Waals surface area contributed by atoms with E-state index in [0.29, 0.717) is 23.6 Å². The molecule has 0 aliphatic rings. The van der Waals surface area contributed by atoms with Crippen molar-refractivity contribution >= 4 is 11.6 Å². The Morgan fingerprint density at radius 2 is 2.05 bits per heavy atom. The number of benzene rings is 1. The fraction of sp³-hybridized carbons (Fsp3) is 0.214. The van der Waals surface area contributed by atoms with Crippen LogP contribution in [0.25, 0.3) is 0 Å². The molecule has 0 saturated carbocycles. The van der Waals surface area contributed by atoms with Gasteiger partial charge in [0, 0.05) is 18.4 Å². The third kappa shape index (κ3) is 3.28.